The van der Waals surface area contributed by atoms with Crippen molar-refractivity contribution < 1.29 is 18.3 Å². The van der Waals surface area contributed by atoms with E-state index in [2.05, 4.69) is 34.0 Å². The summed E-state index contributed by atoms with van der Waals surface area (Å²) in [6, 6.07) is 14.2. The van der Waals surface area contributed by atoms with Gasteiger partial charge in [-0.05, 0) is 43.4 Å². The first-order valence-corrected chi connectivity index (χ1v) is 14.5. The van der Waals surface area contributed by atoms with Gasteiger partial charge in [-0.15, -0.1) is 0 Å². The maximum atomic E-state index is 12.4. The number of para-hydroxylation sites is 1. The van der Waals surface area contributed by atoms with E-state index in [1.54, 1.807) is 12.1 Å². The number of sulfonamides is 1. The number of benzene rings is 2. The molecule has 1 aliphatic heterocycles. The third kappa shape index (κ3) is 7.28. The van der Waals surface area contributed by atoms with E-state index in [-0.39, 0.29) is 4.90 Å². The normalized spacial score (nSPS) is 19.7. The molecule has 2 aromatic carbocycles. The van der Waals surface area contributed by atoms with Crippen LogP contribution in [-0.2, 0) is 21.4 Å². The van der Waals surface area contributed by atoms with Crippen molar-refractivity contribution >= 4 is 33.0 Å². The molecule has 1 fully saturated rings. The standard InChI is InChI=1S/C28H37N5O4S/c1-20-8-10-25(11-9-20)38(36,37)30-14-28(35)31-29-13-23-17-33(27-7-5-4-6-26(23)27)19-24(34)18-32-15-21(2)12-22(3)16-32/h4-11,13,17,21-22,24,30,34H,12,14-16,18-19H2,1-3H3,(H,31,35)/b29-13+. The average Bonchev–Trinajstić information content (AvgIpc) is 3.19. The van der Waals surface area contributed by atoms with Gasteiger partial charge in [-0.1, -0.05) is 49.7 Å². The Bertz CT molecular complexity index is 1370. The first-order chi connectivity index (χ1) is 18.1. The molecule has 0 saturated carbocycles. The second-order valence-corrected chi connectivity index (χ2v) is 12.3. The summed E-state index contributed by atoms with van der Waals surface area (Å²) in [5.74, 6) is 0.685. The highest BCUT2D eigenvalue weighted by molar-refractivity contribution is 7.89. The molecular weight excluding hydrogens is 502 g/mol. The van der Waals surface area contributed by atoms with Crippen LogP contribution in [0.15, 0.2) is 64.7 Å². The molecule has 0 aliphatic carbocycles. The molecule has 0 radical (unpaired) electrons. The zero-order valence-corrected chi connectivity index (χ0v) is 23.0. The van der Waals surface area contributed by atoms with Gasteiger partial charge in [0.15, 0.2) is 0 Å². The number of carbonyl (C=O) groups is 1. The van der Waals surface area contributed by atoms with Crippen LogP contribution in [0.2, 0.25) is 0 Å². The highest BCUT2D eigenvalue weighted by atomic mass is 32.2. The fraction of sp³-hybridized carbons (Fsp3) is 0.429. The molecule has 1 aliphatic rings. The number of aryl methyl sites for hydroxylation is 1. The monoisotopic (exact) mass is 539 g/mol. The number of nitrogens with one attached hydrogen (secondary N) is 2. The van der Waals surface area contributed by atoms with E-state index in [0.717, 1.165) is 35.1 Å². The largest absolute Gasteiger partial charge is 0.390 e. The molecule has 3 aromatic rings. The molecule has 3 atom stereocenters. The van der Waals surface area contributed by atoms with Gasteiger partial charge in [-0.2, -0.15) is 5.10 Å². The van der Waals surface area contributed by atoms with E-state index in [1.165, 1.54) is 24.8 Å². The third-order valence-corrected chi connectivity index (χ3v) is 8.20. The first kappa shape index (κ1) is 28.0. The molecule has 3 unspecified atom stereocenters. The van der Waals surface area contributed by atoms with Gasteiger partial charge >= 0.3 is 0 Å². The van der Waals surface area contributed by atoms with Crippen molar-refractivity contribution in [1.82, 2.24) is 19.6 Å². The number of aliphatic hydroxyl groups is 1. The number of hydrogen-bond acceptors (Lipinski definition) is 6. The molecule has 3 N–H and O–H groups in total. The second-order valence-electron chi connectivity index (χ2n) is 10.5. The Balaban J connectivity index is 1.36. The zero-order chi connectivity index (χ0) is 27.3. The number of aromatic nitrogens is 1. The summed E-state index contributed by atoms with van der Waals surface area (Å²) in [7, 11) is -3.80. The number of piperidine rings is 1. The number of hydrazone groups is 1. The smallest absolute Gasteiger partial charge is 0.255 e. The maximum absolute atomic E-state index is 12.4. The molecule has 2 heterocycles. The minimum absolute atomic E-state index is 0.0960. The lowest BCUT2D eigenvalue weighted by molar-refractivity contribution is -0.119. The Labute approximate surface area is 224 Å². The third-order valence-electron chi connectivity index (χ3n) is 6.79. The van der Waals surface area contributed by atoms with Gasteiger partial charge in [0.05, 0.1) is 23.8 Å². The van der Waals surface area contributed by atoms with E-state index in [9.17, 15) is 18.3 Å². The Morgan fingerprint density at radius 2 is 1.79 bits per heavy atom. The topological polar surface area (TPSA) is 116 Å². The lowest BCUT2D eigenvalue weighted by Gasteiger charge is -2.36. The first-order valence-electron chi connectivity index (χ1n) is 13.0. The lowest BCUT2D eigenvalue weighted by Crippen LogP contribution is -2.43. The molecule has 0 bridgehead atoms. The van der Waals surface area contributed by atoms with Crippen molar-refractivity contribution in [1.29, 1.82) is 0 Å². The van der Waals surface area contributed by atoms with Gasteiger partial charge in [0.2, 0.25) is 10.0 Å². The van der Waals surface area contributed by atoms with Crippen LogP contribution in [0.25, 0.3) is 10.9 Å². The Morgan fingerprint density at radius 3 is 2.50 bits per heavy atom. The van der Waals surface area contributed by atoms with Crippen LogP contribution in [0.1, 0.15) is 31.4 Å². The lowest BCUT2D eigenvalue weighted by atomic mass is 9.92. The molecular formula is C28H37N5O4S. The van der Waals surface area contributed by atoms with Crippen molar-refractivity contribution in [3.05, 3.63) is 65.9 Å². The second kappa shape index (κ2) is 12.2. The zero-order valence-electron chi connectivity index (χ0n) is 22.2. The van der Waals surface area contributed by atoms with Gasteiger partial charge in [0, 0.05) is 48.8 Å². The Hall–Kier alpha value is -3.05. The number of nitrogens with zero attached hydrogens (tertiary/aromatic N) is 3. The Kier molecular flexibility index (Phi) is 8.99. The number of fused-ring (bicyclic) bond motifs is 1. The molecule has 38 heavy (non-hydrogen) atoms. The van der Waals surface area contributed by atoms with E-state index >= 15 is 0 Å². The molecule has 1 saturated heterocycles. The summed E-state index contributed by atoms with van der Waals surface area (Å²) < 4.78 is 29.1. The summed E-state index contributed by atoms with van der Waals surface area (Å²) in [6.45, 7) is 9.04. The quantitative estimate of drug-likeness (QED) is 0.271. The van der Waals surface area contributed by atoms with Crippen LogP contribution >= 0.6 is 0 Å². The number of β-amino-alcohol motifs (C(OH)–C–C–N with tert-alkyl or cyclic N) is 1. The van der Waals surface area contributed by atoms with Crippen molar-refractivity contribution in [2.45, 2.75) is 44.7 Å². The summed E-state index contributed by atoms with van der Waals surface area (Å²) in [6.07, 6.45) is 4.15. The minimum atomic E-state index is -3.80. The van der Waals surface area contributed by atoms with Crippen LogP contribution in [0.5, 0.6) is 0 Å². The molecule has 1 aromatic heterocycles. The van der Waals surface area contributed by atoms with Crippen LogP contribution < -0.4 is 10.1 Å². The summed E-state index contributed by atoms with van der Waals surface area (Å²) in [4.78, 5) is 14.7. The van der Waals surface area contributed by atoms with Crippen molar-refractivity contribution in [3.63, 3.8) is 0 Å². The number of likely N-dealkylation sites (tertiary alicyclic amines) is 1. The Morgan fingerprint density at radius 1 is 1.11 bits per heavy atom. The SMILES string of the molecule is Cc1ccc(S(=O)(=O)NCC(=O)N/N=C/c2cn(CC(O)CN3CC(C)CC(C)C3)c3ccccc23)cc1. The molecule has 4 rings (SSSR count). The predicted molar refractivity (Wildman–Crippen MR) is 149 cm³/mol. The van der Waals surface area contributed by atoms with Crippen LogP contribution in [0.3, 0.4) is 0 Å². The number of amides is 1. The number of hydrogen-bond donors (Lipinski definition) is 3. The molecule has 204 valence electrons. The van der Waals surface area contributed by atoms with Gasteiger partial charge in [-0.25, -0.2) is 18.6 Å². The molecule has 1 amide bonds. The van der Waals surface area contributed by atoms with E-state index in [4.69, 9.17) is 0 Å². The van der Waals surface area contributed by atoms with Gasteiger partial charge in [0.1, 0.15) is 0 Å². The van der Waals surface area contributed by atoms with E-state index < -0.39 is 28.6 Å². The van der Waals surface area contributed by atoms with Gasteiger partial charge < -0.3 is 14.6 Å². The molecule has 9 nitrogen and oxygen atoms in total. The van der Waals surface area contributed by atoms with Crippen molar-refractivity contribution in [3.8, 4) is 0 Å². The number of rotatable bonds is 10. The van der Waals surface area contributed by atoms with Crippen LogP contribution in [0, 0.1) is 18.8 Å². The number of carbonyl (C=O) groups excluding carboxylic acids is 1. The summed E-state index contributed by atoms with van der Waals surface area (Å²) >= 11 is 0. The molecule has 10 heteroatoms. The van der Waals surface area contributed by atoms with Crippen molar-refractivity contribution in [2.24, 2.45) is 16.9 Å². The van der Waals surface area contributed by atoms with Crippen molar-refractivity contribution in [2.75, 3.05) is 26.2 Å². The van der Waals surface area contributed by atoms with Gasteiger partial charge in [0.25, 0.3) is 5.91 Å². The number of aliphatic hydroxyl groups excluding tert-OH is 1. The predicted octanol–water partition coefficient (Wildman–Crippen LogP) is 2.72. The fourth-order valence-corrected chi connectivity index (χ4v) is 6.21. The average molecular weight is 540 g/mol. The maximum Gasteiger partial charge on any atom is 0.255 e. The van der Waals surface area contributed by atoms with Gasteiger partial charge in [-0.3, -0.25) is 4.79 Å². The summed E-state index contributed by atoms with van der Waals surface area (Å²) in [5, 5.41) is 15.8. The summed E-state index contributed by atoms with van der Waals surface area (Å²) in [5.41, 5.74) is 5.07. The minimum Gasteiger partial charge on any atom is -0.390 e. The van der Waals surface area contributed by atoms with E-state index in [0.29, 0.717) is 24.9 Å². The van der Waals surface area contributed by atoms with Crippen LogP contribution in [-0.4, -0.2) is 67.4 Å². The fourth-order valence-electron chi connectivity index (χ4n) is 5.23. The molecule has 0 spiro atoms. The highest BCUT2D eigenvalue weighted by Crippen LogP contribution is 2.23. The highest BCUT2D eigenvalue weighted by Gasteiger charge is 2.24. The van der Waals surface area contributed by atoms with Crippen LogP contribution in [0.4, 0.5) is 0 Å². The van der Waals surface area contributed by atoms with E-state index in [1.807, 2.05) is 42.0 Å².